The maximum atomic E-state index is 13.4. The zero-order valence-electron chi connectivity index (χ0n) is 16.8. The van der Waals surface area contributed by atoms with Gasteiger partial charge in [0.1, 0.15) is 0 Å². The highest BCUT2D eigenvalue weighted by molar-refractivity contribution is 7.89. The first-order valence-corrected chi connectivity index (χ1v) is 11.0. The van der Waals surface area contributed by atoms with Crippen LogP contribution in [0.15, 0.2) is 65.1 Å². The second-order valence-electron chi connectivity index (χ2n) is 7.72. The van der Waals surface area contributed by atoms with E-state index in [9.17, 15) is 13.2 Å². The van der Waals surface area contributed by atoms with Crippen molar-refractivity contribution in [1.29, 1.82) is 0 Å². The van der Waals surface area contributed by atoms with Crippen molar-refractivity contribution >= 4 is 15.8 Å². The van der Waals surface area contributed by atoms with Crippen molar-refractivity contribution in [3.8, 4) is 0 Å². The molecule has 0 radical (unpaired) electrons. The van der Waals surface area contributed by atoms with Crippen LogP contribution in [0.4, 0.5) is 0 Å². The molecule has 0 aromatic heterocycles. The molecule has 0 saturated heterocycles. The molecule has 2 aromatic rings. The summed E-state index contributed by atoms with van der Waals surface area (Å²) in [5.41, 5.74) is 3.71. The van der Waals surface area contributed by atoms with Crippen LogP contribution in [0.5, 0.6) is 0 Å². The molecule has 0 spiro atoms. The van der Waals surface area contributed by atoms with Crippen LogP contribution in [-0.4, -0.2) is 25.1 Å². The summed E-state index contributed by atoms with van der Waals surface area (Å²) < 4.78 is 28.3. The number of hydrogen-bond donors (Lipinski definition) is 0. The largest absolute Gasteiger partial charge is 0.295 e. The Morgan fingerprint density at radius 1 is 1.04 bits per heavy atom. The van der Waals surface area contributed by atoms with E-state index < -0.39 is 10.0 Å². The van der Waals surface area contributed by atoms with E-state index in [4.69, 9.17) is 0 Å². The Morgan fingerprint density at radius 2 is 1.64 bits per heavy atom. The molecule has 1 aliphatic rings. The van der Waals surface area contributed by atoms with E-state index in [2.05, 4.69) is 26.0 Å². The molecule has 2 aromatic carbocycles. The van der Waals surface area contributed by atoms with Crippen molar-refractivity contribution in [2.75, 3.05) is 6.54 Å². The zero-order valence-corrected chi connectivity index (χ0v) is 17.7. The van der Waals surface area contributed by atoms with Gasteiger partial charge in [0.05, 0.1) is 10.9 Å². The van der Waals surface area contributed by atoms with Crippen LogP contribution in [-0.2, 0) is 14.8 Å². The monoisotopic (exact) mass is 397 g/mol. The molecular weight excluding hydrogens is 370 g/mol. The first-order chi connectivity index (χ1) is 13.2. The maximum absolute atomic E-state index is 13.4. The lowest BCUT2D eigenvalue weighted by Gasteiger charge is -2.34. The summed E-state index contributed by atoms with van der Waals surface area (Å²) in [6, 6.07) is 14.7. The van der Waals surface area contributed by atoms with Crippen LogP contribution < -0.4 is 0 Å². The van der Waals surface area contributed by atoms with Gasteiger partial charge in [-0.1, -0.05) is 61.9 Å². The van der Waals surface area contributed by atoms with Gasteiger partial charge >= 0.3 is 0 Å². The van der Waals surface area contributed by atoms with E-state index >= 15 is 0 Å². The summed E-state index contributed by atoms with van der Waals surface area (Å²) in [6.45, 7) is 7.77. The molecule has 148 valence electrons. The van der Waals surface area contributed by atoms with E-state index in [1.165, 1.54) is 16.8 Å². The predicted molar refractivity (Wildman–Crippen MR) is 112 cm³/mol. The molecule has 4 nitrogen and oxygen atoms in total. The topological polar surface area (TPSA) is 54.5 Å². The van der Waals surface area contributed by atoms with Crippen molar-refractivity contribution in [3.05, 3.63) is 76.9 Å². The van der Waals surface area contributed by atoms with Crippen molar-refractivity contribution < 1.29 is 13.2 Å². The van der Waals surface area contributed by atoms with E-state index in [1.54, 1.807) is 24.3 Å². The van der Waals surface area contributed by atoms with Gasteiger partial charge in [0, 0.05) is 12.1 Å². The number of hydrogen-bond acceptors (Lipinski definition) is 3. The van der Waals surface area contributed by atoms with E-state index in [0.29, 0.717) is 17.9 Å². The number of carbonyl (C=O) groups excluding carboxylic acids is 1. The smallest absolute Gasteiger partial charge is 0.243 e. The summed E-state index contributed by atoms with van der Waals surface area (Å²) in [4.78, 5) is 12.2. The maximum Gasteiger partial charge on any atom is 0.243 e. The van der Waals surface area contributed by atoms with Gasteiger partial charge in [-0.2, -0.15) is 4.31 Å². The Morgan fingerprint density at radius 3 is 2.18 bits per heavy atom. The molecule has 0 bridgehead atoms. The lowest BCUT2D eigenvalue weighted by molar-refractivity contribution is -0.113. The minimum Gasteiger partial charge on any atom is -0.295 e. The van der Waals surface area contributed by atoms with Gasteiger partial charge in [-0.3, -0.25) is 4.79 Å². The Kier molecular flexibility index (Phi) is 5.87. The molecule has 0 fully saturated rings. The molecule has 0 N–H and O–H groups in total. The Bertz CT molecular complexity index is 987. The fourth-order valence-electron chi connectivity index (χ4n) is 3.47. The summed E-state index contributed by atoms with van der Waals surface area (Å²) in [6.07, 6.45) is 2.37. The third-order valence-electron chi connectivity index (χ3n) is 5.33. The van der Waals surface area contributed by atoms with E-state index in [-0.39, 0.29) is 23.3 Å². The number of sulfonamides is 1. The van der Waals surface area contributed by atoms with Crippen molar-refractivity contribution in [2.24, 2.45) is 0 Å². The first kappa shape index (κ1) is 20.5. The molecule has 28 heavy (non-hydrogen) atoms. The summed E-state index contributed by atoms with van der Waals surface area (Å²) in [5.74, 6) is 0.328. The van der Waals surface area contributed by atoms with Crippen LogP contribution in [0.3, 0.4) is 0 Å². The van der Waals surface area contributed by atoms with Crippen molar-refractivity contribution in [1.82, 2.24) is 4.31 Å². The zero-order chi connectivity index (χ0) is 20.5. The summed E-state index contributed by atoms with van der Waals surface area (Å²) >= 11 is 0. The highest BCUT2D eigenvalue weighted by atomic mass is 32.2. The Balaban J connectivity index is 2.03. The SMILES string of the molecule is CC(=O)C1=CC[C@@H](c2ccc(C(C)C)cc2)N(S(=O)(=O)c2ccc(C)cc2)C1. The van der Waals surface area contributed by atoms with Gasteiger partial charge in [0.15, 0.2) is 5.78 Å². The van der Waals surface area contributed by atoms with Crippen molar-refractivity contribution in [2.45, 2.75) is 51.0 Å². The lowest BCUT2D eigenvalue weighted by Crippen LogP contribution is -2.39. The minimum atomic E-state index is -3.73. The summed E-state index contributed by atoms with van der Waals surface area (Å²) in [5, 5.41) is 0. The molecule has 0 amide bonds. The Labute approximate surface area is 167 Å². The number of ketones is 1. The van der Waals surface area contributed by atoms with Crippen LogP contribution in [0.2, 0.25) is 0 Å². The standard InChI is InChI=1S/C23H27NO3S/c1-16(2)19-7-9-20(10-8-19)23-14-11-21(18(4)25)15-24(23)28(26,27)22-12-5-17(3)6-13-22/h5-13,16,23H,14-15H2,1-4H3/t23-/m0/s1. The lowest BCUT2D eigenvalue weighted by atomic mass is 9.94. The van der Waals surface area contributed by atoms with Crippen LogP contribution in [0.25, 0.3) is 0 Å². The first-order valence-electron chi connectivity index (χ1n) is 9.58. The molecule has 0 aliphatic carbocycles. The second kappa shape index (κ2) is 8.02. The minimum absolute atomic E-state index is 0.0855. The van der Waals surface area contributed by atoms with Gasteiger partial charge < -0.3 is 0 Å². The molecule has 1 aliphatic heterocycles. The van der Waals surface area contributed by atoms with Crippen molar-refractivity contribution in [3.63, 3.8) is 0 Å². The summed E-state index contributed by atoms with van der Waals surface area (Å²) in [7, 11) is -3.73. The van der Waals surface area contributed by atoms with Gasteiger partial charge in [-0.25, -0.2) is 8.42 Å². The molecule has 5 heteroatoms. The van der Waals surface area contributed by atoms with Crippen LogP contribution >= 0.6 is 0 Å². The number of nitrogens with zero attached hydrogens (tertiary/aromatic N) is 1. The molecule has 0 saturated carbocycles. The van der Waals surface area contributed by atoms with Gasteiger partial charge in [0.2, 0.25) is 10.0 Å². The average molecular weight is 398 g/mol. The highest BCUT2D eigenvalue weighted by Crippen LogP contribution is 2.35. The van der Waals surface area contributed by atoms with E-state index in [1.807, 2.05) is 25.1 Å². The Hall–Kier alpha value is -2.24. The van der Waals surface area contributed by atoms with Gasteiger partial charge in [0.25, 0.3) is 0 Å². The molecule has 3 rings (SSSR count). The van der Waals surface area contributed by atoms with Gasteiger partial charge in [-0.15, -0.1) is 0 Å². The third kappa shape index (κ3) is 4.10. The number of carbonyl (C=O) groups is 1. The van der Waals surface area contributed by atoms with Gasteiger partial charge in [-0.05, 0) is 49.4 Å². The fraction of sp³-hybridized carbons (Fsp3) is 0.348. The van der Waals surface area contributed by atoms with Crippen LogP contribution in [0, 0.1) is 6.92 Å². The van der Waals surface area contributed by atoms with Crippen LogP contribution in [0.1, 0.15) is 55.8 Å². The molecule has 1 heterocycles. The number of rotatable bonds is 5. The normalized spacial score (nSPS) is 18.2. The third-order valence-corrected chi connectivity index (χ3v) is 7.20. The molecule has 1 atom stereocenters. The highest BCUT2D eigenvalue weighted by Gasteiger charge is 2.35. The average Bonchev–Trinajstić information content (AvgIpc) is 2.68. The molecular formula is C23H27NO3S. The fourth-order valence-corrected chi connectivity index (χ4v) is 5.08. The van der Waals surface area contributed by atoms with E-state index in [0.717, 1.165) is 11.1 Å². The number of benzene rings is 2. The second-order valence-corrected chi connectivity index (χ2v) is 9.61. The number of Topliss-reactive ketones (excluding diaryl/α,β-unsaturated/α-hetero) is 1. The molecule has 0 unspecified atom stereocenters. The quantitative estimate of drug-likeness (QED) is 0.730. The predicted octanol–water partition coefficient (Wildman–Crippen LogP) is 4.77. The number of aryl methyl sites for hydroxylation is 1.